The van der Waals surface area contributed by atoms with Gasteiger partial charge in [0.05, 0.1) is 18.7 Å². The van der Waals surface area contributed by atoms with E-state index >= 15 is 0 Å². The van der Waals surface area contributed by atoms with Gasteiger partial charge in [-0.25, -0.2) is 8.78 Å². The first-order valence-corrected chi connectivity index (χ1v) is 9.10. The number of hydrogen-bond acceptors (Lipinski definition) is 5. The Labute approximate surface area is 167 Å². The standard InChI is InChI=1S/C21H20F2N2O4/c1-27-20-10-14(12-24)2-4-19(20)28-13-21(26)25-8-6-16(7-9-25)29-18-5-3-15(22)11-17(18)23/h2-5,10-11,16H,6-9,13H2,1H3. The summed E-state index contributed by atoms with van der Waals surface area (Å²) in [5, 5.41) is 8.92. The van der Waals surface area contributed by atoms with Gasteiger partial charge in [-0.15, -0.1) is 0 Å². The Balaban J connectivity index is 1.49. The van der Waals surface area contributed by atoms with E-state index in [4.69, 9.17) is 19.5 Å². The van der Waals surface area contributed by atoms with Crippen molar-refractivity contribution >= 4 is 5.91 Å². The average Bonchev–Trinajstić information content (AvgIpc) is 2.74. The highest BCUT2D eigenvalue weighted by Crippen LogP contribution is 2.28. The van der Waals surface area contributed by atoms with Crippen LogP contribution in [0.4, 0.5) is 8.78 Å². The topological polar surface area (TPSA) is 71.8 Å². The number of carbonyl (C=O) groups excluding carboxylic acids is 1. The van der Waals surface area contributed by atoms with E-state index in [-0.39, 0.29) is 24.4 Å². The summed E-state index contributed by atoms with van der Waals surface area (Å²) >= 11 is 0. The molecule has 0 N–H and O–H groups in total. The van der Waals surface area contributed by atoms with E-state index in [2.05, 4.69) is 0 Å². The molecule has 1 aliphatic rings. The third-order valence-corrected chi connectivity index (χ3v) is 4.63. The summed E-state index contributed by atoms with van der Waals surface area (Å²) in [5.41, 5.74) is 0.431. The van der Waals surface area contributed by atoms with Crippen molar-refractivity contribution in [2.75, 3.05) is 26.8 Å². The van der Waals surface area contributed by atoms with Gasteiger partial charge in [0.25, 0.3) is 5.91 Å². The number of amides is 1. The van der Waals surface area contributed by atoms with Crippen LogP contribution < -0.4 is 14.2 Å². The van der Waals surface area contributed by atoms with Crippen molar-refractivity contribution in [3.63, 3.8) is 0 Å². The molecular formula is C21H20F2N2O4. The number of rotatable bonds is 6. The molecule has 0 unspecified atom stereocenters. The van der Waals surface area contributed by atoms with Gasteiger partial charge in [0.1, 0.15) is 11.9 Å². The molecule has 0 aromatic heterocycles. The van der Waals surface area contributed by atoms with Crippen molar-refractivity contribution in [3.8, 4) is 23.3 Å². The summed E-state index contributed by atoms with van der Waals surface area (Å²) in [7, 11) is 1.46. The molecule has 2 aromatic rings. The van der Waals surface area contributed by atoms with E-state index in [1.807, 2.05) is 6.07 Å². The second kappa shape index (κ2) is 9.24. The minimum absolute atomic E-state index is 0.00687. The molecule has 1 fully saturated rings. The van der Waals surface area contributed by atoms with Gasteiger partial charge < -0.3 is 19.1 Å². The summed E-state index contributed by atoms with van der Waals surface area (Å²) in [6.45, 7) is 0.723. The predicted octanol–water partition coefficient (Wildman–Crippen LogP) is 3.29. The maximum atomic E-state index is 13.7. The van der Waals surface area contributed by atoms with Crippen LogP contribution in [0.2, 0.25) is 0 Å². The second-order valence-electron chi connectivity index (χ2n) is 6.54. The number of benzene rings is 2. The molecule has 3 rings (SSSR count). The molecule has 2 aromatic carbocycles. The van der Waals surface area contributed by atoms with Crippen LogP contribution >= 0.6 is 0 Å². The lowest BCUT2D eigenvalue weighted by Crippen LogP contribution is -2.43. The van der Waals surface area contributed by atoms with Crippen molar-refractivity contribution < 1.29 is 27.8 Å². The van der Waals surface area contributed by atoms with E-state index in [1.54, 1.807) is 17.0 Å². The Bertz CT molecular complexity index is 921. The van der Waals surface area contributed by atoms with Gasteiger partial charge in [-0.05, 0) is 24.3 Å². The number of ether oxygens (including phenoxy) is 3. The quantitative estimate of drug-likeness (QED) is 0.742. The minimum Gasteiger partial charge on any atom is -0.493 e. The fraction of sp³-hybridized carbons (Fsp3) is 0.333. The lowest BCUT2D eigenvalue weighted by molar-refractivity contribution is -0.135. The number of likely N-dealkylation sites (tertiary alicyclic amines) is 1. The molecule has 0 radical (unpaired) electrons. The number of halogens is 2. The maximum Gasteiger partial charge on any atom is 0.260 e. The maximum absolute atomic E-state index is 13.7. The van der Waals surface area contributed by atoms with Gasteiger partial charge in [0.2, 0.25) is 0 Å². The molecule has 1 aliphatic heterocycles. The lowest BCUT2D eigenvalue weighted by Gasteiger charge is -2.32. The van der Waals surface area contributed by atoms with Gasteiger partial charge in [0.15, 0.2) is 29.7 Å². The molecule has 6 nitrogen and oxygen atoms in total. The largest absolute Gasteiger partial charge is 0.493 e. The number of hydrogen-bond donors (Lipinski definition) is 0. The van der Waals surface area contributed by atoms with Crippen LogP contribution in [-0.4, -0.2) is 43.7 Å². The number of carbonyl (C=O) groups is 1. The zero-order valence-electron chi connectivity index (χ0n) is 15.9. The van der Waals surface area contributed by atoms with E-state index in [0.717, 1.165) is 12.1 Å². The molecule has 0 saturated carbocycles. The van der Waals surface area contributed by atoms with E-state index in [0.29, 0.717) is 43.0 Å². The highest BCUT2D eigenvalue weighted by Gasteiger charge is 2.25. The van der Waals surface area contributed by atoms with Crippen LogP contribution in [0, 0.1) is 23.0 Å². The predicted molar refractivity (Wildman–Crippen MR) is 99.8 cm³/mol. The van der Waals surface area contributed by atoms with Crippen LogP contribution in [0.15, 0.2) is 36.4 Å². The second-order valence-corrected chi connectivity index (χ2v) is 6.54. The molecule has 0 spiro atoms. The van der Waals surface area contributed by atoms with Crippen LogP contribution in [0.25, 0.3) is 0 Å². The Morgan fingerprint density at radius 1 is 1.14 bits per heavy atom. The molecule has 0 aliphatic carbocycles. The summed E-state index contributed by atoms with van der Waals surface area (Å²) in [6.07, 6.45) is 0.810. The van der Waals surface area contributed by atoms with Crippen molar-refractivity contribution in [1.29, 1.82) is 5.26 Å². The van der Waals surface area contributed by atoms with Gasteiger partial charge in [0, 0.05) is 38.1 Å². The highest BCUT2D eigenvalue weighted by molar-refractivity contribution is 5.78. The van der Waals surface area contributed by atoms with Crippen molar-refractivity contribution in [1.82, 2.24) is 4.90 Å². The molecule has 0 bridgehead atoms. The third kappa shape index (κ3) is 5.13. The Morgan fingerprint density at radius 3 is 2.52 bits per heavy atom. The molecule has 1 saturated heterocycles. The smallest absolute Gasteiger partial charge is 0.260 e. The van der Waals surface area contributed by atoms with Gasteiger partial charge in [-0.2, -0.15) is 5.26 Å². The SMILES string of the molecule is COc1cc(C#N)ccc1OCC(=O)N1CCC(Oc2ccc(F)cc2F)CC1. The molecule has 8 heteroatoms. The van der Waals surface area contributed by atoms with Crippen LogP contribution in [0.5, 0.6) is 17.2 Å². The Kier molecular flexibility index (Phi) is 6.50. The molecule has 152 valence electrons. The monoisotopic (exact) mass is 402 g/mol. The first-order valence-electron chi connectivity index (χ1n) is 9.10. The number of nitrogens with zero attached hydrogens (tertiary/aromatic N) is 2. The fourth-order valence-electron chi connectivity index (χ4n) is 3.06. The summed E-state index contributed by atoms with van der Waals surface area (Å²) in [6, 6.07) is 9.91. The summed E-state index contributed by atoms with van der Waals surface area (Å²) in [4.78, 5) is 14.1. The van der Waals surface area contributed by atoms with Gasteiger partial charge in [-0.1, -0.05) is 0 Å². The zero-order chi connectivity index (χ0) is 20.8. The Hall–Kier alpha value is -3.34. The van der Waals surface area contributed by atoms with Crippen LogP contribution in [-0.2, 0) is 4.79 Å². The Morgan fingerprint density at radius 2 is 1.86 bits per heavy atom. The van der Waals surface area contributed by atoms with E-state index in [1.165, 1.54) is 19.2 Å². The van der Waals surface area contributed by atoms with Crippen LogP contribution in [0.1, 0.15) is 18.4 Å². The molecule has 0 atom stereocenters. The first kappa shape index (κ1) is 20.4. The number of nitriles is 1. The molecule has 29 heavy (non-hydrogen) atoms. The van der Waals surface area contributed by atoms with Crippen LogP contribution in [0.3, 0.4) is 0 Å². The lowest BCUT2D eigenvalue weighted by atomic mass is 10.1. The fourth-order valence-corrected chi connectivity index (χ4v) is 3.06. The first-order chi connectivity index (χ1) is 14.0. The molecular weight excluding hydrogens is 382 g/mol. The van der Waals surface area contributed by atoms with Gasteiger partial charge >= 0.3 is 0 Å². The van der Waals surface area contributed by atoms with Gasteiger partial charge in [-0.3, -0.25) is 4.79 Å². The molecule has 1 heterocycles. The van der Waals surface area contributed by atoms with E-state index < -0.39 is 11.6 Å². The highest BCUT2D eigenvalue weighted by atomic mass is 19.1. The summed E-state index contributed by atoms with van der Waals surface area (Å²) in [5.74, 6) is -0.826. The number of piperidine rings is 1. The van der Waals surface area contributed by atoms with E-state index in [9.17, 15) is 13.6 Å². The summed E-state index contributed by atoms with van der Waals surface area (Å²) < 4.78 is 43.0. The van der Waals surface area contributed by atoms with Crippen molar-refractivity contribution in [2.24, 2.45) is 0 Å². The number of methoxy groups -OCH3 is 1. The minimum atomic E-state index is -0.742. The van der Waals surface area contributed by atoms with Crippen molar-refractivity contribution in [2.45, 2.75) is 18.9 Å². The van der Waals surface area contributed by atoms with Crippen molar-refractivity contribution in [3.05, 3.63) is 53.6 Å². The normalized spacial score (nSPS) is 14.2. The third-order valence-electron chi connectivity index (χ3n) is 4.63. The zero-order valence-corrected chi connectivity index (χ0v) is 15.9. The molecule has 1 amide bonds. The average molecular weight is 402 g/mol.